The van der Waals surface area contributed by atoms with E-state index in [-0.39, 0.29) is 30.0 Å². The zero-order valence-corrected chi connectivity index (χ0v) is 15.1. The Morgan fingerprint density at radius 3 is 2.73 bits per heavy atom. The lowest BCUT2D eigenvalue weighted by Gasteiger charge is -2.17. The highest BCUT2D eigenvalue weighted by Crippen LogP contribution is 2.23. The number of halogens is 1. The minimum atomic E-state index is -0.372. The van der Waals surface area contributed by atoms with E-state index >= 15 is 0 Å². The first kappa shape index (κ1) is 18.1. The lowest BCUT2D eigenvalue weighted by molar-refractivity contribution is -0.128. The fraction of sp³-hybridized carbons (Fsp3) is 0.333. The van der Waals surface area contributed by atoms with Crippen molar-refractivity contribution in [3.05, 3.63) is 65.0 Å². The van der Waals surface area contributed by atoms with E-state index in [1.165, 1.54) is 6.07 Å². The van der Waals surface area contributed by atoms with E-state index in [0.717, 1.165) is 16.8 Å². The number of carbonyl (C=O) groups is 2. The standard InChI is InChI=1S/C21H23FN2O2/c1-14-6-5-9-19(15(14)2)23-21(26)17-12-20(25)24(13-17)11-10-16-7-3-4-8-18(16)22/h3-9,17H,10-13H2,1-2H3,(H,23,26). The largest absolute Gasteiger partial charge is 0.342 e. The number of hydrogen-bond donors (Lipinski definition) is 1. The first-order valence-electron chi connectivity index (χ1n) is 8.84. The topological polar surface area (TPSA) is 49.4 Å². The van der Waals surface area contributed by atoms with Crippen molar-refractivity contribution in [2.24, 2.45) is 5.92 Å². The Balaban J connectivity index is 1.59. The van der Waals surface area contributed by atoms with Crippen LogP contribution in [0.3, 0.4) is 0 Å². The Morgan fingerprint density at radius 1 is 1.19 bits per heavy atom. The molecule has 0 bridgehead atoms. The predicted molar refractivity (Wildman–Crippen MR) is 99.3 cm³/mol. The molecule has 5 heteroatoms. The van der Waals surface area contributed by atoms with Crippen LogP contribution in [0.2, 0.25) is 0 Å². The lowest BCUT2D eigenvalue weighted by Crippen LogP contribution is -2.30. The smallest absolute Gasteiger partial charge is 0.229 e. The molecule has 2 amide bonds. The SMILES string of the molecule is Cc1cccc(NC(=O)C2CC(=O)N(CCc3ccccc3F)C2)c1C. The number of anilines is 1. The molecule has 1 atom stereocenters. The second kappa shape index (κ2) is 7.68. The maximum Gasteiger partial charge on any atom is 0.229 e. The molecule has 1 aliphatic rings. The van der Waals surface area contributed by atoms with Crippen molar-refractivity contribution < 1.29 is 14.0 Å². The highest BCUT2D eigenvalue weighted by Gasteiger charge is 2.34. The van der Waals surface area contributed by atoms with E-state index in [1.807, 2.05) is 32.0 Å². The molecule has 0 aliphatic carbocycles. The summed E-state index contributed by atoms with van der Waals surface area (Å²) in [5.41, 5.74) is 3.51. The Kier molecular flexibility index (Phi) is 5.35. The minimum Gasteiger partial charge on any atom is -0.342 e. The number of carbonyl (C=O) groups excluding carboxylic acids is 2. The van der Waals surface area contributed by atoms with E-state index in [4.69, 9.17) is 0 Å². The average molecular weight is 354 g/mol. The summed E-state index contributed by atoms with van der Waals surface area (Å²) in [4.78, 5) is 26.4. The molecule has 2 aromatic rings. The number of aryl methyl sites for hydroxylation is 1. The van der Waals surface area contributed by atoms with Crippen LogP contribution in [0.25, 0.3) is 0 Å². The molecule has 3 rings (SSSR count). The highest BCUT2D eigenvalue weighted by molar-refractivity contribution is 5.97. The van der Waals surface area contributed by atoms with Gasteiger partial charge < -0.3 is 10.2 Å². The summed E-state index contributed by atoms with van der Waals surface area (Å²) in [6, 6.07) is 12.3. The molecule has 26 heavy (non-hydrogen) atoms. The fourth-order valence-corrected chi connectivity index (χ4v) is 3.24. The van der Waals surface area contributed by atoms with Crippen LogP contribution in [0.4, 0.5) is 10.1 Å². The molecule has 0 aromatic heterocycles. The van der Waals surface area contributed by atoms with E-state index in [1.54, 1.807) is 23.1 Å². The second-order valence-corrected chi connectivity index (χ2v) is 6.82. The first-order chi connectivity index (χ1) is 12.5. The lowest BCUT2D eigenvalue weighted by atomic mass is 10.1. The van der Waals surface area contributed by atoms with Crippen LogP contribution in [-0.2, 0) is 16.0 Å². The van der Waals surface area contributed by atoms with Crippen molar-refractivity contribution >= 4 is 17.5 Å². The Morgan fingerprint density at radius 2 is 1.96 bits per heavy atom. The van der Waals surface area contributed by atoms with Gasteiger partial charge in [0.15, 0.2) is 0 Å². The van der Waals surface area contributed by atoms with Crippen molar-refractivity contribution in [1.82, 2.24) is 4.90 Å². The predicted octanol–water partition coefficient (Wildman–Crippen LogP) is 3.47. The van der Waals surface area contributed by atoms with Crippen molar-refractivity contribution in [3.63, 3.8) is 0 Å². The van der Waals surface area contributed by atoms with Gasteiger partial charge in [0, 0.05) is 25.2 Å². The van der Waals surface area contributed by atoms with E-state index in [2.05, 4.69) is 5.32 Å². The van der Waals surface area contributed by atoms with Gasteiger partial charge in [0.1, 0.15) is 5.82 Å². The number of likely N-dealkylation sites (tertiary alicyclic amines) is 1. The van der Waals surface area contributed by atoms with Gasteiger partial charge in [-0.05, 0) is 49.1 Å². The fourth-order valence-electron chi connectivity index (χ4n) is 3.24. The zero-order chi connectivity index (χ0) is 18.7. The monoisotopic (exact) mass is 354 g/mol. The van der Waals surface area contributed by atoms with Crippen LogP contribution in [-0.4, -0.2) is 29.8 Å². The second-order valence-electron chi connectivity index (χ2n) is 6.82. The third-order valence-electron chi connectivity index (χ3n) is 5.06. The molecule has 136 valence electrons. The molecule has 1 N–H and O–H groups in total. The van der Waals surface area contributed by atoms with Crippen LogP contribution in [0, 0.1) is 25.6 Å². The molecule has 0 spiro atoms. The molecule has 0 radical (unpaired) electrons. The van der Waals surface area contributed by atoms with Gasteiger partial charge in [-0.15, -0.1) is 0 Å². The van der Waals surface area contributed by atoms with Gasteiger partial charge in [-0.3, -0.25) is 9.59 Å². The Bertz CT molecular complexity index is 835. The molecule has 2 aromatic carbocycles. The summed E-state index contributed by atoms with van der Waals surface area (Å²) < 4.78 is 13.7. The van der Waals surface area contributed by atoms with Gasteiger partial charge in [-0.25, -0.2) is 4.39 Å². The van der Waals surface area contributed by atoms with Crippen LogP contribution >= 0.6 is 0 Å². The number of nitrogens with zero attached hydrogens (tertiary/aromatic N) is 1. The Hall–Kier alpha value is -2.69. The van der Waals surface area contributed by atoms with Gasteiger partial charge in [0.05, 0.1) is 5.92 Å². The molecular formula is C21H23FN2O2. The molecule has 1 fully saturated rings. The van der Waals surface area contributed by atoms with Crippen LogP contribution in [0.5, 0.6) is 0 Å². The summed E-state index contributed by atoms with van der Waals surface area (Å²) in [6.45, 7) is 4.76. The number of hydrogen-bond acceptors (Lipinski definition) is 2. The summed E-state index contributed by atoms with van der Waals surface area (Å²) in [6.07, 6.45) is 0.651. The number of benzene rings is 2. The average Bonchev–Trinajstić information content (AvgIpc) is 2.99. The molecule has 1 saturated heterocycles. The van der Waals surface area contributed by atoms with Crippen LogP contribution in [0.15, 0.2) is 42.5 Å². The zero-order valence-electron chi connectivity index (χ0n) is 15.1. The van der Waals surface area contributed by atoms with Crippen LogP contribution < -0.4 is 5.32 Å². The number of nitrogens with one attached hydrogen (secondary N) is 1. The van der Waals surface area contributed by atoms with E-state index in [0.29, 0.717) is 25.1 Å². The third-order valence-corrected chi connectivity index (χ3v) is 5.06. The quantitative estimate of drug-likeness (QED) is 0.894. The number of amides is 2. The van der Waals surface area contributed by atoms with Gasteiger partial charge in [0.2, 0.25) is 11.8 Å². The maximum absolute atomic E-state index is 13.7. The van der Waals surface area contributed by atoms with Gasteiger partial charge in [0.25, 0.3) is 0 Å². The van der Waals surface area contributed by atoms with E-state index < -0.39 is 0 Å². The molecule has 1 aliphatic heterocycles. The molecule has 1 heterocycles. The van der Waals surface area contributed by atoms with Crippen molar-refractivity contribution in [2.45, 2.75) is 26.7 Å². The highest BCUT2D eigenvalue weighted by atomic mass is 19.1. The summed E-state index contributed by atoms with van der Waals surface area (Å²) in [5.74, 6) is -0.825. The maximum atomic E-state index is 13.7. The summed E-state index contributed by atoms with van der Waals surface area (Å²) in [5, 5.41) is 2.94. The summed E-state index contributed by atoms with van der Waals surface area (Å²) >= 11 is 0. The van der Waals surface area contributed by atoms with E-state index in [9.17, 15) is 14.0 Å². The molecular weight excluding hydrogens is 331 g/mol. The minimum absolute atomic E-state index is 0.0533. The first-order valence-corrected chi connectivity index (χ1v) is 8.84. The van der Waals surface area contributed by atoms with Crippen LogP contribution in [0.1, 0.15) is 23.1 Å². The molecule has 1 unspecified atom stereocenters. The van der Waals surface area contributed by atoms with Gasteiger partial charge in [-0.2, -0.15) is 0 Å². The van der Waals surface area contributed by atoms with Gasteiger partial charge >= 0.3 is 0 Å². The van der Waals surface area contributed by atoms with Gasteiger partial charge in [-0.1, -0.05) is 30.3 Å². The third kappa shape index (κ3) is 3.93. The Labute approximate surface area is 153 Å². The van der Waals surface area contributed by atoms with Crippen molar-refractivity contribution in [2.75, 3.05) is 18.4 Å². The van der Waals surface area contributed by atoms with Crippen molar-refractivity contribution in [3.8, 4) is 0 Å². The normalized spacial score (nSPS) is 16.8. The molecule has 0 saturated carbocycles. The van der Waals surface area contributed by atoms with Crippen molar-refractivity contribution in [1.29, 1.82) is 0 Å². The summed E-state index contributed by atoms with van der Waals surface area (Å²) in [7, 11) is 0. The molecule has 4 nitrogen and oxygen atoms in total. The number of rotatable bonds is 5.